The van der Waals surface area contributed by atoms with Crippen LogP contribution < -0.4 is 10.0 Å². The van der Waals surface area contributed by atoms with E-state index in [4.69, 9.17) is 4.42 Å². The lowest BCUT2D eigenvalue weighted by atomic mass is 9.90. The van der Waals surface area contributed by atoms with Gasteiger partial charge in [0.05, 0.1) is 4.90 Å². The Bertz CT molecular complexity index is 1500. The number of nitrogens with zero attached hydrogens (tertiary/aromatic N) is 2. The van der Waals surface area contributed by atoms with Crippen LogP contribution in [0.4, 0.5) is 16.1 Å². The molecule has 0 atom stereocenters. The molecule has 5 rings (SSSR count). The van der Waals surface area contributed by atoms with Crippen LogP contribution in [0, 0.1) is 5.82 Å². The Kier molecular flexibility index (Phi) is 6.04. The highest BCUT2D eigenvalue weighted by Gasteiger charge is 2.18. The van der Waals surface area contributed by atoms with Crippen LogP contribution in [-0.2, 0) is 22.9 Å². The monoisotopic (exact) mass is 492 g/mol. The smallest absolute Gasteiger partial charge is 0.322 e. The first-order chi connectivity index (χ1) is 16.9. The second-order valence-electron chi connectivity index (χ2n) is 8.20. The zero-order valence-corrected chi connectivity index (χ0v) is 19.3. The molecule has 1 aromatic heterocycles. The molecule has 0 aliphatic heterocycles. The van der Waals surface area contributed by atoms with Crippen molar-refractivity contribution in [2.75, 3.05) is 10.0 Å². The van der Waals surface area contributed by atoms with Crippen molar-refractivity contribution in [2.24, 2.45) is 0 Å². The number of sulfonamides is 1. The summed E-state index contributed by atoms with van der Waals surface area (Å²) in [7, 11) is -3.95. The predicted molar refractivity (Wildman–Crippen MR) is 128 cm³/mol. The van der Waals surface area contributed by atoms with Crippen molar-refractivity contribution in [1.29, 1.82) is 0 Å². The molecule has 3 aromatic carbocycles. The fourth-order valence-corrected chi connectivity index (χ4v) is 5.03. The van der Waals surface area contributed by atoms with Crippen molar-refractivity contribution in [2.45, 2.75) is 30.6 Å². The SMILES string of the molecule is O=C(Nc1nnc(-c2ccc3c(c2)CCCC3)o1)c1cccc(NS(=O)(=O)c2ccc(F)cc2)c1. The molecule has 1 amide bonds. The van der Waals surface area contributed by atoms with E-state index in [1.807, 2.05) is 12.1 Å². The number of carbonyl (C=O) groups is 1. The number of anilines is 2. The van der Waals surface area contributed by atoms with Crippen LogP contribution in [0.1, 0.15) is 34.3 Å². The second-order valence-corrected chi connectivity index (χ2v) is 9.88. The third kappa shape index (κ3) is 5.07. The summed E-state index contributed by atoms with van der Waals surface area (Å²) in [5.41, 5.74) is 3.75. The maximum absolute atomic E-state index is 13.1. The molecular formula is C25H21FN4O4S. The molecule has 4 aromatic rings. The minimum atomic E-state index is -3.95. The average Bonchev–Trinajstić information content (AvgIpc) is 3.32. The molecule has 0 spiro atoms. The quantitative estimate of drug-likeness (QED) is 0.399. The molecule has 0 unspecified atom stereocenters. The fraction of sp³-hybridized carbons (Fsp3) is 0.160. The summed E-state index contributed by atoms with van der Waals surface area (Å²) in [6.45, 7) is 0. The summed E-state index contributed by atoms with van der Waals surface area (Å²) in [6, 6.07) is 16.3. The summed E-state index contributed by atoms with van der Waals surface area (Å²) >= 11 is 0. The Labute approximate surface area is 201 Å². The van der Waals surface area contributed by atoms with E-state index in [1.54, 1.807) is 0 Å². The molecular weight excluding hydrogens is 471 g/mol. The standard InChI is InChI=1S/C25H21FN4O4S/c26-20-10-12-22(13-11-20)35(32,33)30-21-7-3-6-18(15-21)23(31)27-25-29-28-24(34-25)19-9-8-16-4-1-2-5-17(16)14-19/h3,6-15,30H,1-2,4-5H2,(H,27,29,31). The number of aryl methyl sites for hydroxylation is 2. The summed E-state index contributed by atoms with van der Waals surface area (Å²) in [4.78, 5) is 12.6. The molecule has 0 bridgehead atoms. The normalized spacial score (nSPS) is 13.2. The first kappa shape index (κ1) is 22.7. The number of fused-ring (bicyclic) bond motifs is 1. The lowest BCUT2D eigenvalue weighted by molar-refractivity contribution is 0.102. The number of halogens is 1. The van der Waals surface area contributed by atoms with Gasteiger partial charge in [0, 0.05) is 16.8 Å². The number of amides is 1. The van der Waals surface area contributed by atoms with Gasteiger partial charge in [-0.1, -0.05) is 17.2 Å². The Morgan fingerprint density at radius 1 is 0.914 bits per heavy atom. The molecule has 178 valence electrons. The molecule has 2 N–H and O–H groups in total. The molecule has 0 fully saturated rings. The number of rotatable bonds is 6. The Balaban J connectivity index is 1.29. The van der Waals surface area contributed by atoms with E-state index in [1.165, 1.54) is 41.8 Å². The molecule has 0 radical (unpaired) electrons. The van der Waals surface area contributed by atoms with E-state index in [0.717, 1.165) is 49.1 Å². The van der Waals surface area contributed by atoms with E-state index < -0.39 is 21.7 Å². The van der Waals surface area contributed by atoms with Gasteiger partial charge < -0.3 is 4.42 Å². The van der Waals surface area contributed by atoms with E-state index in [0.29, 0.717) is 5.89 Å². The predicted octanol–water partition coefficient (Wildman–Crippen LogP) is 4.81. The summed E-state index contributed by atoms with van der Waals surface area (Å²) < 4.78 is 46.2. The van der Waals surface area contributed by atoms with Gasteiger partial charge in [0.15, 0.2) is 0 Å². The minimum Gasteiger partial charge on any atom is -0.403 e. The van der Waals surface area contributed by atoms with E-state index in [9.17, 15) is 17.6 Å². The molecule has 10 heteroatoms. The highest BCUT2D eigenvalue weighted by Crippen LogP contribution is 2.27. The molecule has 35 heavy (non-hydrogen) atoms. The first-order valence-electron chi connectivity index (χ1n) is 11.0. The van der Waals surface area contributed by atoms with Gasteiger partial charge in [0.25, 0.3) is 15.9 Å². The topological polar surface area (TPSA) is 114 Å². The zero-order valence-electron chi connectivity index (χ0n) is 18.5. The molecule has 0 saturated heterocycles. The van der Waals surface area contributed by atoms with Crippen molar-refractivity contribution in [3.05, 3.63) is 89.2 Å². The molecule has 1 aliphatic carbocycles. The molecule has 1 aliphatic rings. The lowest BCUT2D eigenvalue weighted by Gasteiger charge is -2.15. The van der Waals surface area contributed by atoms with Crippen LogP contribution in [-0.4, -0.2) is 24.5 Å². The van der Waals surface area contributed by atoms with Gasteiger partial charge in [-0.25, -0.2) is 12.8 Å². The van der Waals surface area contributed by atoms with Crippen LogP contribution in [0.2, 0.25) is 0 Å². The van der Waals surface area contributed by atoms with Crippen LogP contribution in [0.3, 0.4) is 0 Å². The van der Waals surface area contributed by atoms with Gasteiger partial charge in [-0.05, 0) is 91.4 Å². The number of carbonyl (C=O) groups excluding carboxylic acids is 1. The number of aromatic nitrogens is 2. The van der Waals surface area contributed by atoms with Crippen molar-refractivity contribution in [3.8, 4) is 11.5 Å². The highest BCUT2D eigenvalue weighted by atomic mass is 32.2. The second kappa shape index (κ2) is 9.30. The fourth-order valence-electron chi connectivity index (χ4n) is 3.98. The third-order valence-electron chi connectivity index (χ3n) is 5.74. The van der Waals surface area contributed by atoms with Crippen LogP contribution in [0.25, 0.3) is 11.5 Å². The van der Waals surface area contributed by atoms with Crippen LogP contribution in [0.15, 0.2) is 76.0 Å². The Morgan fingerprint density at radius 3 is 2.49 bits per heavy atom. The van der Waals surface area contributed by atoms with E-state index in [-0.39, 0.29) is 22.2 Å². The van der Waals surface area contributed by atoms with Crippen molar-refractivity contribution < 1.29 is 22.0 Å². The Hall–Kier alpha value is -4.05. The summed E-state index contributed by atoms with van der Waals surface area (Å²) in [5, 5.41) is 10.5. The number of nitrogens with one attached hydrogen (secondary N) is 2. The van der Waals surface area contributed by atoms with Crippen molar-refractivity contribution >= 4 is 27.6 Å². The van der Waals surface area contributed by atoms with Gasteiger partial charge >= 0.3 is 6.01 Å². The maximum atomic E-state index is 13.1. The van der Waals surface area contributed by atoms with E-state index >= 15 is 0 Å². The lowest BCUT2D eigenvalue weighted by Crippen LogP contribution is -2.15. The largest absolute Gasteiger partial charge is 0.403 e. The molecule has 1 heterocycles. The van der Waals surface area contributed by atoms with Gasteiger partial charge in [-0.15, -0.1) is 5.10 Å². The average molecular weight is 493 g/mol. The first-order valence-corrected chi connectivity index (χ1v) is 12.5. The summed E-state index contributed by atoms with van der Waals surface area (Å²) in [5.74, 6) is -0.790. The Morgan fingerprint density at radius 2 is 1.69 bits per heavy atom. The van der Waals surface area contributed by atoms with Gasteiger partial charge in [-0.2, -0.15) is 0 Å². The van der Waals surface area contributed by atoms with Gasteiger partial charge in [-0.3, -0.25) is 14.8 Å². The number of benzene rings is 3. The molecule has 8 nitrogen and oxygen atoms in total. The third-order valence-corrected chi connectivity index (χ3v) is 7.14. The van der Waals surface area contributed by atoms with Crippen LogP contribution in [0.5, 0.6) is 0 Å². The van der Waals surface area contributed by atoms with Gasteiger partial charge in [0.1, 0.15) is 5.82 Å². The van der Waals surface area contributed by atoms with Crippen LogP contribution >= 0.6 is 0 Å². The minimum absolute atomic E-state index is 0.0694. The van der Waals surface area contributed by atoms with Crippen molar-refractivity contribution in [3.63, 3.8) is 0 Å². The van der Waals surface area contributed by atoms with E-state index in [2.05, 4.69) is 26.3 Å². The highest BCUT2D eigenvalue weighted by molar-refractivity contribution is 7.92. The van der Waals surface area contributed by atoms with Gasteiger partial charge in [0.2, 0.25) is 5.89 Å². The molecule has 0 saturated carbocycles. The maximum Gasteiger partial charge on any atom is 0.322 e. The summed E-state index contributed by atoms with van der Waals surface area (Å²) in [6.07, 6.45) is 4.43. The number of hydrogen-bond donors (Lipinski definition) is 2. The zero-order chi connectivity index (χ0) is 24.4. The number of hydrogen-bond acceptors (Lipinski definition) is 6. The van der Waals surface area contributed by atoms with Crippen molar-refractivity contribution in [1.82, 2.24) is 10.2 Å².